The summed E-state index contributed by atoms with van der Waals surface area (Å²) in [5, 5.41) is 3.14. The molecule has 4 heteroatoms. The second-order valence-electron chi connectivity index (χ2n) is 6.33. The maximum atomic E-state index is 12.2. The van der Waals surface area contributed by atoms with Gasteiger partial charge in [-0.2, -0.15) is 0 Å². The summed E-state index contributed by atoms with van der Waals surface area (Å²) in [5.74, 6) is 2.50. The summed E-state index contributed by atoms with van der Waals surface area (Å²) in [6.45, 7) is 4.50. The van der Waals surface area contributed by atoms with E-state index in [9.17, 15) is 4.79 Å². The molecule has 1 amide bonds. The molecule has 3 unspecified atom stereocenters. The molecule has 1 aliphatic carbocycles. The van der Waals surface area contributed by atoms with Crippen LogP contribution in [0.25, 0.3) is 6.08 Å². The summed E-state index contributed by atoms with van der Waals surface area (Å²) < 4.78 is 10.5. The molecular formula is C19H27NO3. The van der Waals surface area contributed by atoms with Crippen molar-refractivity contribution in [1.29, 1.82) is 0 Å². The van der Waals surface area contributed by atoms with E-state index in [1.165, 1.54) is 12.8 Å². The van der Waals surface area contributed by atoms with Gasteiger partial charge in [0, 0.05) is 12.1 Å². The fourth-order valence-corrected chi connectivity index (χ4v) is 3.14. The van der Waals surface area contributed by atoms with E-state index >= 15 is 0 Å². The van der Waals surface area contributed by atoms with Crippen molar-refractivity contribution >= 4 is 12.0 Å². The van der Waals surface area contributed by atoms with Crippen LogP contribution in [-0.2, 0) is 4.79 Å². The zero-order valence-electron chi connectivity index (χ0n) is 14.5. The Kier molecular flexibility index (Phi) is 6.08. The fraction of sp³-hybridized carbons (Fsp3) is 0.526. The zero-order valence-corrected chi connectivity index (χ0v) is 14.5. The van der Waals surface area contributed by atoms with Crippen molar-refractivity contribution in [2.24, 2.45) is 11.8 Å². The standard InChI is InChI=1S/C19H27NO3/c1-13-6-5-7-16(14(13)2)20-19(21)11-9-15-8-10-17(22-3)18(12-15)23-4/h8-14,16H,5-7H2,1-4H3,(H,20,21)/b11-9+. The maximum Gasteiger partial charge on any atom is 0.244 e. The number of carbonyl (C=O) groups excluding carboxylic acids is 1. The fourth-order valence-electron chi connectivity index (χ4n) is 3.14. The molecule has 0 radical (unpaired) electrons. The maximum absolute atomic E-state index is 12.2. The second kappa shape index (κ2) is 8.04. The average molecular weight is 317 g/mol. The molecule has 23 heavy (non-hydrogen) atoms. The molecule has 1 saturated carbocycles. The van der Waals surface area contributed by atoms with E-state index in [2.05, 4.69) is 19.2 Å². The van der Waals surface area contributed by atoms with Gasteiger partial charge in [0.15, 0.2) is 11.5 Å². The highest BCUT2D eigenvalue weighted by atomic mass is 16.5. The lowest BCUT2D eigenvalue weighted by atomic mass is 9.78. The van der Waals surface area contributed by atoms with Crippen LogP contribution in [0.1, 0.15) is 38.7 Å². The summed E-state index contributed by atoms with van der Waals surface area (Å²) in [7, 11) is 3.21. The number of ether oxygens (including phenoxy) is 2. The first kappa shape index (κ1) is 17.4. The van der Waals surface area contributed by atoms with Crippen LogP contribution in [0.4, 0.5) is 0 Å². The van der Waals surface area contributed by atoms with Crippen LogP contribution < -0.4 is 14.8 Å². The number of amides is 1. The van der Waals surface area contributed by atoms with Crippen molar-refractivity contribution in [2.45, 2.75) is 39.2 Å². The van der Waals surface area contributed by atoms with Crippen LogP contribution in [0, 0.1) is 11.8 Å². The Morgan fingerprint density at radius 2 is 1.91 bits per heavy atom. The second-order valence-corrected chi connectivity index (χ2v) is 6.33. The molecule has 0 heterocycles. The van der Waals surface area contributed by atoms with Crippen molar-refractivity contribution in [3.8, 4) is 11.5 Å². The minimum Gasteiger partial charge on any atom is -0.493 e. The Balaban J connectivity index is 1.98. The Morgan fingerprint density at radius 3 is 2.61 bits per heavy atom. The van der Waals surface area contributed by atoms with Crippen LogP contribution in [-0.4, -0.2) is 26.2 Å². The van der Waals surface area contributed by atoms with Crippen molar-refractivity contribution in [2.75, 3.05) is 14.2 Å². The molecule has 1 aromatic carbocycles. The highest BCUT2D eigenvalue weighted by molar-refractivity contribution is 5.92. The topological polar surface area (TPSA) is 47.6 Å². The lowest BCUT2D eigenvalue weighted by Gasteiger charge is -2.34. The van der Waals surface area contributed by atoms with Gasteiger partial charge in [0.05, 0.1) is 14.2 Å². The van der Waals surface area contributed by atoms with Gasteiger partial charge in [-0.3, -0.25) is 4.79 Å². The summed E-state index contributed by atoms with van der Waals surface area (Å²) in [6, 6.07) is 5.87. The number of carbonyl (C=O) groups is 1. The number of hydrogen-bond acceptors (Lipinski definition) is 3. The van der Waals surface area contributed by atoms with Crippen LogP contribution in [0.5, 0.6) is 11.5 Å². The van der Waals surface area contributed by atoms with Crippen LogP contribution in [0.3, 0.4) is 0 Å². The van der Waals surface area contributed by atoms with Crippen molar-refractivity contribution in [3.05, 3.63) is 29.8 Å². The van der Waals surface area contributed by atoms with Crippen LogP contribution in [0.2, 0.25) is 0 Å². The van der Waals surface area contributed by atoms with Crippen LogP contribution in [0.15, 0.2) is 24.3 Å². The third-order valence-electron chi connectivity index (χ3n) is 4.87. The molecule has 1 aromatic rings. The third kappa shape index (κ3) is 4.50. The van der Waals surface area contributed by atoms with Gasteiger partial charge in [0.25, 0.3) is 0 Å². The van der Waals surface area contributed by atoms with Gasteiger partial charge in [-0.15, -0.1) is 0 Å². The highest BCUT2D eigenvalue weighted by Crippen LogP contribution is 2.30. The number of hydrogen-bond donors (Lipinski definition) is 1. The number of benzene rings is 1. The molecule has 0 aromatic heterocycles. The molecule has 1 N–H and O–H groups in total. The molecule has 3 atom stereocenters. The van der Waals surface area contributed by atoms with E-state index in [0.717, 1.165) is 12.0 Å². The predicted octanol–water partition coefficient (Wildman–Crippen LogP) is 3.66. The molecule has 0 saturated heterocycles. The molecular weight excluding hydrogens is 290 g/mol. The summed E-state index contributed by atoms with van der Waals surface area (Å²) in [4.78, 5) is 12.2. The average Bonchev–Trinajstić information content (AvgIpc) is 2.56. The van der Waals surface area contributed by atoms with Gasteiger partial charge in [-0.25, -0.2) is 0 Å². The number of methoxy groups -OCH3 is 2. The van der Waals surface area contributed by atoms with Gasteiger partial charge in [0.2, 0.25) is 5.91 Å². The third-order valence-corrected chi connectivity index (χ3v) is 4.87. The monoisotopic (exact) mass is 317 g/mol. The van der Waals surface area contributed by atoms with E-state index < -0.39 is 0 Å². The first-order chi connectivity index (χ1) is 11.0. The summed E-state index contributed by atoms with van der Waals surface area (Å²) in [6.07, 6.45) is 6.91. The SMILES string of the molecule is COc1ccc(/C=C/C(=O)NC2CCCC(C)C2C)cc1OC. The molecule has 4 nitrogen and oxygen atoms in total. The largest absolute Gasteiger partial charge is 0.493 e. The molecule has 0 bridgehead atoms. The van der Waals surface area contributed by atoms with Crippen molar-refractivity contribution in [3.63, 3.8) is 0 Å². The molecule has 1 aliphatic rings. The number of rotatable bonds is 5. The normalized spacial score (nSPS) is 24.4. The molecule has 2 rings (SSSR count). The number of nitrogens with one attached hydrogen (secondary N) is 1. The van der Waals surface area contributed by atoms with Gasteiger partial charge >= 0.3 is 0 Å². The molecule has 0 aliphatic heterocycles. The Hall–Kier alpha value is -1.97. The van der Waals surface area contributed by atoms with Gasteiger partial charge in [-0.05, 0) is 42.0 Å². The van der Waals surface area contributed by atoms with E-state index in [0.29, 0.717) is 23.3 Å². The summed E-state index contributed by atoms with van der Waals surface area (Å²) in [5.41, 5.74) is 0.905. The Morgan fingerprint density at radius 1 is 1.17 bits per heavy atom. The molecule has 1 fully saturated rings. The predicted molar refractivity (Wildman–Crippen MR) is 92.7 cm³/mol. The van der Waals surface area contributed by atoms with Crippen LogP contribution >= 0.6 is 0 Å². The first-order valence-corrected chi connectivity index (χ1v) is 8.25. The van der Waals surface area contributed by atoms with E-state index in [4.69, 9.17) is 9.47 Å². The van der Waals surface area contributed by atoms with Crippen molar-refractivity contribution in [1.82, 2.24) is 5.32 Å². The lowest BCUT2D eigenvalue weighted by molar-refractivity contribution is -0.117. The van der Waals surface area contributed by atoms with Gasteiger partial charge in [0.1, 0.15) is 0 Å². The minimum atomic E-state index is -0.0364. The Bertz CT molecular complexity index is 568. The molecule has 126 valence electrons. The van der Waals surface area contributed by atoms with Crippen molar-refractivity contribution < 1.29 is 14.3 Å². The first-order valence-electron chi connectivity index (χ1n) is 8.25. The highest BCUT2D eigenvalue weighted by Gasteiger charge is 2.27. The van der Waals surface area contributed by atoms with Gasteiger partial charge in [-0.1, -0.05) is 32.8 Å². The van der Waals surface area contributed by atoms with Gasteiger partial charge < -0.3 is 14.8 Å². The smallest absolute Gasteiger partial charge is 0.244 e. The quantitative estimate of drug-likeness (QED) is 0.843. The van der Waals surface area contributed by atoms with E-state index in [1.807, 2.05) is 18.2 Å². The molecule has 0 spiro atoms. The Labute approximate surface area is 138 Å². The van der Waals surface area contributed by atoms with E-state index in [1.54, 1.807) is 26.4 Å². The summed E-state index contributed by atoms with van der Waals surface area (Å²) >= 11 is 0. The zero-order chi connectivity index (χ0) is 16.8. The lowest BCUT2D eigenvalue weighted by Crippen LogP contribution is -2.43. The van der Waals surface area contributed by atoms with E-state index in [-0.39, 0.29) is 11.9 Å². The minimum absolute atomic E-state index is 0.0364.